The van der Waals surface area contributed by atoms with Crippen LogP contribution in [0.2, 0.25) is 0 Å². The van der Waals surface area contributed by atoms with Crippen molar-refractivity contribution in [1.29, 1.82) is 0 Å². The van der Waals surface area contributed by atoms with E-state index in [4.69, 9.17) is 4.74 Å². The molecule has 0 spiro atoms. The van der Waals surface area contributed by atoms with Crippen molar-refractivity contribution in [1.82, 2.24) is 0 Å². The molecule has 0 atom stereocenters. The van der Waals surface area contributed by atoms with E-state index < -0.39 is 5.60 Å². The Morgan fingerprint density at radius 2 is 1.77 bits per heavy atom. The van der Waals surface area contributed by atoms with Crippen LogP contribution in [0.25, 0.3) is 10.8 Å². The van der Waals surface area contributed by atoms with Gasteiger partial charge in [-0.05, 0) is 36.8 Å². The molecule has 1 fully saturated rings. The summed E-state index contributed by atoms with van der Waals surface area (Å²) in [5.74, 6) is 0.229. The lowest BCUT2D eigenvalue weighted by Gasteiger charge is -2.35. The number of quaternary nitrogens is 1. The second kappa shape index (κ2) is 6.09. The zero-order valence-electron chi connectivity index (χ0n) is 13.3. The fraction of sp³-hybridized carbons (Fsp3) is 0.421. The summed E-state index contributed by atoms with van der Waals surface area (Å²) in [6, 6.07) is 13.8. The third-order valence-electron chi connectivity index (χ3n) is 4.76. The Kier molecular flexibility index (Phi) is 4.16. The van der Waals surface area contributed by atoms with Crippen LogP contribution in [0.15, 0.2) is 42.5 Å². The van der Waals surface area contributed by atoms with Crippen LogP contribution >= 0.6 is 0 Å². The zero-order chi connectivity index (χ0) is 15.6. The van der Waals surface area contributed by atoms with Crippen molar-refractivity contribution in [3.63, 3.8) is 0 Å². The van der Waals surface area contributed by atoms with Crippen LogP contribution in [-0.4, -0.2) is 24.7 Å². The van der Waals surface area contributed by atoms with Gasteiger partial charge in [-0.3, -0.25) is 0 Å². The standard InChI is InChI=1S/C19H23NO2/c1-19(2,17-9-11-20-12-10-17)22-18(21)16-8-7-14-5-3-4-6-15(14)13-16/h3-8,13,17,20H,9-12H2,1-2H3/p+1. The molecule has 0 radical (unpaired) electrons. The molecule has 1 heterocycles. The number of rotatable bonds is 3. The summed E-state index contributed by atoms with van der Waals surface area (Å²) in [7, 11) is 0. The van der Waals surface area contributed by atoms with Crippen LogP contribution in [0.5, 0.6) is 0 Å². The number of carbonyl (C=O) groups is 1. The smallest absolute Gasteiger partial charge is 0.338 e. The number of hydrogen-bond acceptors (Lipinski definition) is 2. The normalized spacial score (nSPS) is 16.6. The minimum Gasteiger partial charge on any atom is -0.456 e. The Hall–Kier alpha value is -1.87. The predicted molar refractivity (Wildman–Crippen MR) is 87.8 cm³/mol. The number of hydrogen-bond donors (Lipinski definition) is 1. The molecule has 3 rings (SSSR count). The number of piperidine rings is 1. The van der Waals surface area contributed by atoms with E-state index in [9.17, 15) is 4.79 Å². The van der Waals surface area contributed by atoms with E-state index in [2.05, 4.69) is 5.32 Å². The van der Waals surface area contributed by atoms with Gasteiger partial charge in [-0.2, -0.15) is 0 Å². The molecular weight excluding hydrogens is 274 g/mol. The van der Waals surface area contributed by atoms with Gasteiger partial charge in [0, 0.05) is 18.8 Å². The molecular formula is C19H24NO2+. The molecule has 0 unspecified atom stereocenters. The maximum absolute atomic E-state index is 12.5. The number of esters is 1. The second-order valence-electron chi connectivity index (χ2n) is 6.70. The topological polar surface area (TPSA) is 42.9 Å². The quantitative estimate of drug-likeness (QED) is 0.885. The van der Waals surface area contributed by atoms with Gasteiger partial charge in [0.05, 0.1) is 18.7 Å². The summed E-state index contributed by atoms with van der Waals surface area (Å²) >= 11 is 0. The molecule has 3 nitrogen and oxygen atoms in total. The van der Waals surface area contributed by atoms with Crippen LogP contribution in [0, 0.1) is 5.92 Å². The van der Waals surface area contributed by atoms with Gasteiger partial charge in [0.15, 0.2) is 0 Å². The third kappa shape index (κ3) is 3.14. The Balaban J connectivity index is 1.77. The molecule has 0 amide bonds. The lowest BCUT2D eigenvalue weighted by molar-refractivity contribution is -0.665. The molecule has 0 bridgehead atoms. The highest BCUT2D eigenvalue weighted by atomic mass is 16.6. The Morgan fingerprint density at radius 3 is 2.50 bits per heavy atom. The molecule has 1 saturated heterocycles. The van der Waals surface area contributed by atoms with E-state index in [-0.39, 0.29) is 5.97 Å². The average Bonchev–Trinajstić information content (AvgIpc) is 2.55. The number of benzene rings is 2. The molecule has 1 aliphatic rings. The SMILES string of the molecule is CC(C)(OC(=O)c1ccc2ccccc2c1)C1CC[NH2+]CC1. The van der Waals surface area contributed by atoms with Crippen molar-refractivity contribution >= 4 is 16.7 Å². The van der Waals surface area contributed by atoms with Gasteiger partial charge in [0.25, 0.3) is 0 Å². The van der Waals surface area contributed by atoms with E-state index in [0.717, 1.165) is 36.7 Å². The summed E-state index contributed by atoms with van der Waals surface area (Å²) in [6.45, 7) is 6.34. The molecule has 2 N–H and O–H groups in total. The van der Waals surface area contributed by atoms with Gasteiger partial charge in [-0.15, -0.1) is 0 Å². The minimum atomic E-state index is -0.406. The van der Waals surface area contributed by atoms with Gasteiger partial charge in [0.2, 0.25) is 0 Å². The second-order valence-corrected chi connectivity index (χ2v) is 6.70. The average molecular weight is 298 g/mol. The van der Waals surface area contributed by atoms with E-state index in [1.54, 1.807) is 0 Å². The van der Waals surface area contributed by atoms with Crippen LogP contribution in [0.4, 0.5) is 0 Å². The van der Waals surface area contributed by atoms with E-state index in [1.165, 1.54) is 0 Å². The van der Waals surface area contributed by atoms with Gasteiger partial charge in [-0.1, -0.05) is 30.3 Å². The maximum Gasteiger partial charge on any atom is 0.338 e. The number of ether oxygens (including phenoxy) is 1. The van der Waals surface area contributed by atoms with Gasteiger partial charge in [0.1, 0.15) is 5.60 Å². The highest BCUT2D eigenvalue weighted by Crippen LogP contribution is 2.29. The summed E-state index contributed by atoms with van der Waals surface area (Å²) < 4.78 is 5.86. The van der Waals surface area contributed by atoms with Gasteiger partial charge >= 0.3 is 5.97 Å². The van der Waals surface area contributed by atoms with Gasteiger partial charge < -0.3 is 10.1 Å². The van der Waals surface area contributed by atoms with Gasteiger partial charge in [-0.25, -0.2) is 4.79 Å². The first kappa shape index (κ1) is 15.0. The number of carbonyl (C=O) groups excluding carboxylic acids is 1. The van der Waals surface area contributed by atoms with Crippen molar-refractivity contribution in [3.8, 4) is 0 Å². The van der Waals surface area contributed by atoms with E-state index in [0.29, 0.717) is 11.5 Å². The molecule has 3 heteroatoms. The molecule has 22 heavy (non-hydrogen) atoms. The molecule has 2 aromatic rings. The highest BCUT2D eigenvalue weighted by Gasteiger charge is 2.35. The monoisotopic (exact) mass is 298 g/mol. The van der Waals surface area contributed by atoms with Crippen molar-refractivity contribution < 1.29 is 14.8 Å². The Labute approximate surface area is 131 Å². The van der Waals surface area contributed by atoms with E-state index >= 15 is 0 Å². The summed E-state index contributed by atoms with van der Waals surface area (Å²) in [5, 5.41) is 4.54. The fourth-order valence-corrected chi connectivity index (χ4v) is 3.32. The van der Waals surface area contributed by atoms with E-state index in [1.807, 2.05) is 56.3 Å². The summed E-state index contributed by atoms with van der Waals surface area (Å²) in [4.78, 5) is 12.5. The molecule has 0 aliphatic carbocycles. The summed E-state index contributed by atoms with van der Waals surface area (Å²) in [5.41, 5.74) is 0.228. The fourth-order valence-electron chi connectivity index (χ4n) is 3.32. The van der Waals surface area contributed by atoms with Crippen molar-refractivity contribution in [2.75, 3.05) is 13.1 Å². The Morgan fingerprint density at radius 1 is 1.09 bits per heavy atom. The lowest BCUT2D eigenvalue weighted by Crippen LogP contribution is -2.86. The van der Waals surface area contributed by atoms with Crippen LogP contribution in [-0.2, 0) is 4.74 Å². The molecule has 2 aromatic carbocycles. The lowest BCUT2D eigenvalue weighted by atomic mass is 9.83. The van der Waals surface area contributed by atoms with Crippen LogP contribution < -0.4 is 5.32 Å². The minimum absolute atomic E-state index is 0.217. The summed E-state index contributed by atoms with van der Waals surface area (Å²) in [6.07, 6.45) is 2.22. The van der Waals surface area contributed by atoms with Crippen molar-refractivity contribution in [2.24, 2.45) is 5.92 Å². The number of nitrogens with two attached hydrogens (primary N) is 1. The first-order valence-corrected chi connectivity index (χ1v) is 8.10. The Bertz CT molecular complexity index is 672. The highest BCUT2D eigenvalue weighted by molar-refractivity contribution is 5.95. The predicted octanol–water partition coefficient (Wildman–Crippen LogP) is 2.75. The van der Waals surface area contributed by atoms with Crippen LogP contribution in [0.3, 0.4) is 0 Å². The zero-order valence-corrected chi connectivity index (χ0v) is 13.3. The maximum atomic E-state index is 12.5. The largest absolute Gasteiger partial charge is 0.456 e. The van der Waals surface area contributed by atoms with Crippen LogP contribution in [0.1, 0.15) is 37.0 Å². The van der Waals surface area contributed by atoms with Crippen molar-refractivity contribution in [2.45, 2.75) is 32.3 Å². The first-order valence-electron chi connectivity index (χ1n) is 8.10. The molecule has 116 valence electrons. The van der Waals surface area contributed by atoms with Crippen molar-refractivity contribution in [3.05, 3.63) is 48.0 Å². The molecule has 1 aliphatic heterocycles. The first-order chi connectivity index (χ1) is 10.6. The number of fused-ring (bicyclic) bond motifs is 1. The molecule has 0 saturated carbocycles. The molecule has 0 aromatic heterocycles. The third-order valence-corrected chi connectivity index (χ3v) is 4.76.